The fraction of sp³-hybridized carbons (Fsp3) is 0.364. The summed E-state index contributed by atoms with van der Waals surface area (Å²) >= 11 is 0. The highest BCUT2D eigenvalue weighted by atomic mass is 35.5. The van der Waals surface area contributed by atoms with Crippen molar-refractivity contribution in [2.75, 3.05) is 6.61 Å². The predicted octanol–water partition coefficient (Wildman–Crippen LogP) is 2.51. The van der Waals surface area contributed by atoms with Crippen molar-refractivity contribution in [2.24, 2.45) is 0 Å². The van der Waals surface area contributed by atoms with Gasteiger partial charge in [0.15, 0.2) is 0 Å². The maximum absolute atomic E-state index is 10.9. The molecule has 0 radical (unpaired) electrons. The minimum absolute atomic E-state index is 0. The zero-order valence-corrected chi connectivity index (χ0v) is 9.56. The van der Waals surface area contributed by atoms with Crippen molar-refractivity contribution in [3.8, 4) is 0 Å². The predicted molar refractivity (Wildman–Crippen MR) is 60.4 cm³/mol. The standard InChI is InChI=1S/C11H13NO2.ClH/c1-7-3-8(2)5-9(4-7)10-6-14-11(13)12-10;/h3-5,10H,6H2,1-2H3,(H,12,13);1H/t10-;/m1./s1. The number of cyclic esters (lactones) is 1. The third-order valence-corrected chi connectivity index (χ3v) is 2.32. The van der Waals surface area contributed by atoms with E-state index in [1.165, 1.54) is 11.1 Å². The molecular weight excluding hydrogens is 214 g/mol. The van der Waals surface area contributed by atoms with Gasteiger partial charge in [0.2, 0.25) is 0 Å². The van der Waals surface area contributed by atoms with E-state index >= 15 is 0 Å². The summed E-state index contributed by atoms with van der Waals surface area (Å²) in [6.07, 6.45) is -0.325. The number of aryl methyl sites for hydroxylation is 2. The van der Waals surface area contributed by atoms with Crippen LogP contribution in [0.3, 0.4) is 0 Å². The van der Waals surface area contributed by atoms with E-state index in [1.54, 1.807) is 0 Å². The van der Waals surface area contributed by atoms with Crippen molar-refractivity contribution in [3.05, 3.63) is 34.9 Å². The molecule has 82 valence electrons. The molecule has 1 aromatic rings. The van der Waals surface area contributed by atoms with Crippen molar-refractivity contribution in [2.45, 2.75) is 19.9 Å². The molecule has 1 heterocycles. The molecule has 1 atom stereocenters. The Hall–Kier alpha value is -1.22. The molecule has 0 aromatic heterocycles. The Kier molecular flexibility index (Phi) is 3.58. The van der Waals surface area contributed by atoms with Gasteiger partial charge in [-0.05, 0) is 19.4 Å². The molecule has 0 saturated carbocycles. The average Bonchev–Trinajstić information content (AvgIpc) is 2.50. The van der Waals surface area contributed by atoms with Gasteiger partial charge in [0.25, 0.3) is 0 Å². The second-order valence-corrected chi connectivity index (χ2v) is 3.72. The number of hydrogen-bond donors (Lipinski definition) is 1. The van der Waals surface area contributed by atoms with Crippen LogP contribution in [-0.4, -0.2) is 12.7 Å². The monoisotopic (exact) mass is 227 g/mol. The van der Waals surface area contributed by atoms with Crippen LogP contribution < -0.4 is 5.32 Å². The van der Waals surface area contributed by atoms with Gasteiger partial charge in [0.05, 0.1) is 6.04 Å². The van der Waals surface area contributed by atoms with Crippen LogP contribution in [0.15, 0.2) is 18.2 Å². The molecular formula is C11H14ClNO2. The highest BCUT2D eigenvalue weighted by Crippen LogP contribution is 2.20. The lowest BCUT2D eigenvalue weighted by Crippen LogP contribution is -2.18. The van der Waals surface area contributed by atoms with E-state index in [4.69, 9.17) is 4.74 Å². The number of rotatable bonds is 1. The number of carbonyl (C=O) groups is 1. The van der Waals surface area contributed by atoms with Gasteiger partial charge in [-0.1, -0.05) is 29.3 Å². The van der Waals surface area contributed by atoms with E-state index < -0.39 is 0 Å². The van der Waals surface area contributed by atoms with Crippen LogP contribution in [0.2, 0.25) is 0 Å². The first kappa shape index (κ1) is 11.9. The van der Waals surface area contributed by atoms with Crippen molar-refractivity contribution >= 4 is 18.5 Å². The Balaban J connectivity index is 0.00000112. The second kappa shape index (κ2) is 4.53. The van der Waals surface area contributed by atoms with E-state index in [9.17, 15) is 4.79 Å². The third kappa shape index (κ3) is 2.63. The number of ether oxygens (including phenoxy) is 1. The summed E-state index contributed by atoms with van der Waals surface area (Å²) < 4.78 is 4.85. The summed E-state index contributed by atoms with van der Waals surface area (Å²) in [5.41, 5.74) is 3.54. The van der Waals surface area contributed by atoms with Gasteiger partial charge in [-0.3, -0.25) is 0 Å². The van der Waals surface area contributed by atoms with Crippen LogP contribution in [-0.2, 0) is 4.74 Å². The van der Waals surface area contributed by atoms with Gasteiger partial charge in [-0.2, -0.15) is 0 Å². The number of carbonyl (C=O) groups excluding carboxylic acids is 1. The lowest BCUT2D eigenvalue weighted by Gasteiger charge is -2.09. The quantitative estimate of drug-likeness (QED) is 0.801. The number of amides is 1. The Bertz CT molecular complexity index is 359. The van der Waals surface area contributed by atoms with Crippen molar-refractivity contribution < 1.29 is 9.53 Å². The second-order valence-electron chi connectivity index (χ2n) is 3.72. The lowest BCUT2D eigenvalue weighted by molar-refractivity contribution is 0.177. The van der Waals surface area contributed by atoms with E-state index in [-0.39, 0.29) is 24.5 Å². The van der Waals surface area contributed by atoms with Gasteiger partial charge in [0, 0.05) is 0 Å². The molecule has 1 saturated heterocycles. The Morgan fingerprint density at radius 1 is 1.27 bits per heavy atom. The first-order valence-electron chi connectivity index (χ1n) is 4.66. The Morgan fingerprint density at radius 3 is 2.33 bits per heavy atom. The highest BCUT2D eigenvalue weighted by Gasteiger charge is 2.23. The summed E-state index contributed by atoms with van der Waals surface area (Å²) in [6, 6.07) is 6.28. The molecule has 0 spiro atoms. The zero-order chi connectivity index (χ0) is 10.1. The fourth-order valence-electron chi connectivity index (χ4n) is 1.78. The number of halogens is 1. The smallest absolute Gasteiger partial charge is 0.407 e. The van der Waals surface area contributed by atoms with Gasteiger partial charge < -0.3 is 10.1 Å². The van der Waals surface area contributed by atoms with E-state index in [0.29, 0.717) is 6.61 Å². The first-order valence-corrected chi connectivity index (χ1v) is 4.66. The molecule has 1 N–H and O–H groups in total. The third-order valence-electron chi connectivity index (χ3n) is 2.32. The number of hydrogen-bond acceptors (Lipinski definition) is 2. The van der Waals surface area contributed by atoms with Crippen LogP contribution in [0.25, 0.3) is 0 Å². The molecule has 1 amide bonds. The van der Waals surface area contributed by atoms with Gasteiger partial charge >= 0.3 is 6.09 Å². The summed E-state index contributed by atoms with van der Waals surface area (Å²) in [5.74, 6) is 0. The van der Waals surface area contributed by atoms with Crippen LogP contribution in [0.5, 0.6) is 0 Å². The maximum Gasteiger partial charge on any atom is 0.407 e. The first-order chi connectivity index (χ1) is 6.65. The summed E-state index contributed by atoms with van der Waals surface area (Å²) in [6.45, 7) is 4.53. The van der Waals surface area contributed by atoms with Crippen molar-refractivity contribution in [3.63, 3.8) is 0 Å². The summed E-state index contributed by atoms with van der Waals surface area (Å²) in [5, 5.41) is 2.76. The van der Waals surface area contributed by atoms with Crippen molar-refractivity contribution in [1.82, 2.24) is 5.32 Å². The molecule has 1 aliphatic rings. The number of benzene rings is 1. The Labute approximate surface area is 95.2 Å². The molecule has 1 fully saturated rings. The van der Waals surface area contributed by atoms with E-state index in [1.807, 2.05) is 13.8 Å². The highest BCUT2D eigenvalue weighted by molar-refractivity contribution is 5.85. The molecule has 4 heteroatoms. The van der Waals surface area contributed by atoms with Gasteiger partial charge in [-0.25, -0.2) is 4.79 Å². The molecule has 15 heavy (non-hydrogen) atoms. The minimum Gasteiger partial charge on any atom is -0.447 e. The normalized spacial score (nSPS) is 19.1. The van der Waals surface area contributed by atoms with E-state index in [0.717, 1.165) is 5.56 Å². The van der Waals surface area contributed by atoms with Gasteiger partial charge in [0.1, 0.15) is 6.61 Å². The summed E-state index contributed by atoms with van der Waals surface area (Å²) in [7, 11) is 0. The molecule has 2 rings (SSSR count). The van der Waals surface area contributed by atoms with Crippen molar-refractivity contribution in [1.29, 1.82) is 0 Å². The Morgan fingerprint density at radius 2 is 1.87 bits per heavy atom. The lowest BCUT2D eigenvalue weighted by atomic mass is 10.0. The largest absolute Gasteiger partial charge is 0.447 e. The zero-order valence-electron chi connectivity index (χ0n) is 8.74. The molecule has 0 aliphatic carbocycles. The van der Waals surface area contributed by atoms with Crippen LogP contribution >= 0.6 is 12.4 Å². The summed E-state index contributed by atoms with van der Waals surface area (Å²) in [4.78, 5) is 10.9. The number of nitrogens with one attached hydrogen (secondary N) is 1. The van der Waals surface area contributed by atoms with Crippen LogP contribution in [0, 0.1) is 13.8 Å². The molecule has 1 aromatic carbocycles. The van der Waals surface area contributed by atoms with Crippen LogP contribution in [0.1, 0.15) is 22.7 Å². The molecule has 0 unspecified atom stereocenters. The fourth-order valence-corrected chi connectivity index (χ4v) is 1.78. The minimum atomic E-state index is -0.325. The molecule has 0 bridgehead atoms. The topological polar surface area (TPSA) is 38.3 Å². The average molecular weight is 228 g/mol. The molecule has 3 nitrogen and oxygen atoms in total. The van der Waals surface area contributed by atoms with Crippen LogP contribution in [0.4, 0.5) is 4.79 Å². The van der Waals surface area contributed by atoms with E-state index in [2.05, 4.69) is 23.5 Å². The number of alkyl carbamates (subject to hydrolysis) is 1. The molecule has 1 aliphatic heterocycles. The maximum atomic E-state index is 10.9. The SMILES string of the molecule is Cc1cc(C)cc([C@H]2COC(=O)N2)c1.Cl. The van der Waals surface area contributed by atoms with Gasteiger partial charge in [-0.15, -0.1) is 12.4 Å².